The third-order valence-corrected chi connectivity index (χ3v) is 2.92. The molecule has 1 aromatic rings. The van der Waals surface area contributed by atoms with Gasteiger partial charge in [-0.3, -0.25) is 0 Å². The van der Waals surface area contributed by atoms with Crippen molar-refractivity contribution in [1.29, 1.82) is 0 Å². The number of nitrogens with zero attached hydrogens (tertiary/aromatic N) is 2. The Bertz CT molecular complexity index is 304. The van der Waals surface area contributed by atoms with E-state index in [2.05, 4.69) is 34.8 Å². The number of aliphatic hydroxyl groups is 1. The van der Waals surface area contributed by atoms with Gasteiger partial charge in [-0.2, -0.15) is 4.37 Å². The van der Waals surface area contributed by atoms with Crippen molar-refractivity contribution in [1.82, 2.24) is 14.1 Å². The van der Waals surface area contributed by atoms with Crippen molar-refractivity contribution in [3.63, 3.8) is 0 Å². The van der Waals surface area contributed by atoms with Crippen molar-refractivity contribution >= 4 is 11.7 Å². The predicted octanol–water partition coefficient (Wildman–Crippen LogP) is 1.45. The van der Waals surface area contributed by atoms with Crippen LogP contribution < -0.4 is 10.1 Å². The summed E-state index contributed by atoms with van der Waals surface area (Å²) < 4.78 is 13.0. The maximum Gasteiger partial charge on any atom is 0.245 e. The van der Waals surface area contributed by atoms with Crippen molar-refractivity contribution in [2.75, 3.05) is 13.2 Å². The van der Waals surface area contributed by atoms with Crippen molar-refractivity contribution < 1.29 is 9.84 Å². The molecule has 1 aromatic heterocycles. The van der Waals surface area contributed by atoms with Gasteiger partial charge in [0.15, 0.2) is 0 Å². The summed E-state index contributed by atoms with van der Waals surface area (Å²) in [6.07, 6.45) is 3.22. The molecule has 0 saturated heterocycles. The van der Waals surface area contributed by atoms with E-state index in [1.807, 2.05) is 0 Å². The highest BCUT2D eigenvalue weighted by Crippen LogP contribution is 2.10. The fourth-order valence-electron chi connectivity index (χ4n) is 1.57. The third-order valence-electron chi connectivity index (χ3n) is 2.46. The number of ether oxygens (including phenoxy) is 1. The first-order valence-electron chi connectivity index (χ1n) is 5.87. The lowest BCUT2D eigenvalue weighted by Gasteiger charge is -2.27. The van der Waals surface area contributed by atoms with Gasteiger partial charge in [-0.15, -0.1) is 4.37 Å². The van der Waals surface area contributed by atoms with Crippen molar-refractivity contribution in [2.24, 2.45) is 0 Å². The molecule has 1 unspecified atom stereocenters. The van der Waals surface area contributed by atoms with Gasteiger partial charge in [0.25, 0.3) is 0 Å². The Kier molecular flexibility index (Phi) is 5.80. The molecule has 0 spiro atoms. The van der Waals surface area contributed by atoms with Gasteiger partial charge in [0.2, 0.25) is 5.88 Å². The average molecular weight is 259 g/mol. The molecule has 1 heterocycles. The summed E-state index contributed by atoms with van der Waals surface area (Å²) in [5.74, 6) is 0.474. The molecule has 0 aliphatic carbocycles. The monoisotopic (exact) mass is 259 g/mol. The van der Waals surface area contributed by atoms with E-state index in [0.29, 0.717) is 12.4 Å². The van der Waals surface area contributed by atoms with Crippen LogP contribution in [0, 0.1) is 0 Å². The van der Waals surface area contributed by atoms with E-state index >= 15 is 0 Å². The molecule has 0 saturated carbocycles. The fourth-order valence-corrected chi connectivity index (χ4v) is 1.93. The zero-order chi connectivity index (χ0) is 12.7. The molecule has 2 N–H and O–H groups in total. The summed E-state index contributed by atoms with van der Waals surface area (Å²) in [6.45, 7) is 7.17. The number of aliphatic hydroxyl groups excluding tert-OH is 1. The lowest BCUT2D eigenvalue weighted by molar-refractivity contribution is 0.0962. The summed E-state index contributed by atoms with van der Waals surface area (Å²) in [4.78, 5) is 0. The molecular formula is C11H21N3O2S. The van der Waals surface area contributed by atoms with Crippen LogP contribution in [0.2, 0.25) is 0 Å². The minimum Gasteiger partial charge on any atom is -0.473 e. The summed E-state index contributed by atoms with van der Waals surface area (Å²) >= 11 is 1.09. The van der Waals surface area contributed by atoms with Crippen LogP contribution in [-0.4, -0.2) is 38.6 Å². The molecule has 0 aliphatic heterocycles. The molecule has 17 heavy (non-hydrogen) atoms. The van der Waals surface area contributed by atoms with Crippen LogP contribution in [-0.2, 0) is 0 Å². The number of rotatable bonds is 8. The van der Waals surface area contributed by atoms with Crippen molar-refractivity contribution in [3.05, 3.63) is 6.20 Å². The SMILES string of the molecule is CCCC(C)(C)NCC(O)COc1cnsn1. The maximum absolute atomic E-state index is 9.75. The topological polar surface area (TPSA) is 67.3 Å². The second-order valence-electron chi connectivity index (χ2n) is 4.73. The Labute approximate surface area is 107 Å². The van der Waals surface area contributed by atoms with Gasteiger partial charge in [-0.05, 0) is 20.3 Å². The van der Waals surface area contributed by atoms with Crippen LogP contribution >= 0.6 is 11.7 Å². The molecule has 0 aliphatic rings. The van der Waals surface area contributed by atoms with Crippen LogP contribution in [0.25, 0.3) is 0 Å². The standard InChI is InChI=1S/C11H21N3O2S/c1-4-5-11(2,3)12-6-9(15)8-16-10-7-13-17-14-10/h7,9,12,15H,4-6,8H2,1-3H3. The van der Waals surface area contributed by atoms with E-state index in [0.717, 1.165) is 24.6 Å². The largest absolute Gasteiger partial charge is 0.473 e. The van der Waals surface area contributed by atoms with Crippen LogP contribution in [0.15, 0.2) is 6.20 Å². The van der Waals surface area contributed by atoms with Gasteiger partial charge >= 0.3 is 0 Å². The second-order valence-corrected chi connectivity index (χ2v) is 5.28. The second kappa shape index (κ2) is 6.88. The van der Waals surface area contributed by atoms with Gasteiger partial charge in [0, 0.05) is 12.1 Å². The molecule has 0 amide bonds. The fraction of sp³-hybridized carbons (Fsp3) is 0.818. The Balaban J connectivity index is 2.18. The van der Waals surface area contributed by atoms with Crippen LogP contribution in [0.5, 0.6) is 5.88 Å². The highest BCUT2D eigenvalue weighted by Gasteiger charge is 2.17. The average Bonchev–Trinajstić information content (AvgIpc) is 2.76. The lowest BCUT2D eigenvalue weighted by Crippen LogP contribution is -2.44. The Morgan fingerprint density at radius 1 is 1.59 bits per heavy atom. The first-order valence-corrected chi connectivity index (χ1v) is 6.60. The maximum atomic E-state index is 9.75. The Morgan fingerprint density at radius 3 is 2.94 bits per heavy atom. The predicted molar refractivity (Wildman–Crippen MR) is 68.4 cm³/mol. The highest BCUT2D eigenvalue weighted by atomic mass is 32.1. The molecule has 1 rings (SSSR count). The van der Waals surface area contributed by atoms with Gasteiger partial charge in [-0.1, -0.05) is 13.3 Å². The zero-order valence-electron chi connectivity index (χ0n) is 10.6. The molecule has 6 heteroatoms. The van der Waals surface area contributed by atoms with Gasteiger partial charge in [-0.25, -0.2) is 0 Å². The summed E-state index contributed by atoms with van der Waals surface area (Å²) in [7, 11) is 0. The molecular weight excluding hydrogens is 238 g/mol. The minimum absolute atomic E-state index is 0.0535. The van der Waals surface area contributed by atoms with Crippen molar-refractivity contribution in [2.45, 2.75) is 45.3 Å². The number of hydrogen-bond donors (Lipinski definition) is 2. The number of aromatic nitrogens is 2. The van der Waals surface area contributed by atoms with Crippen LogP contribution in [0.3, 0.4) is 0 Å². The number of hydrogen-bond acceptors (Lipinski definition) is 6. The van der Waals surface area contributed by atoms with E-state index in [9.17, 15) is 5.11 Å². The first-order chi connectivity index (χ1) is 8.03. The van der Waals surface area contributed by atoms with Crippen LogP contribution in [0.4, 0.5) is 0 Å². The highest BCUT2D eigenvalue weighted by molar-refractivity contribution is 6.99. The molecule has 0 radical (unpaired) electrons. The summed E-state index contributed by atoms with van der Waals surface area (Å²) in [6, 6.07) is 0. The third kappa shape index (κ3) is 5.95. The number of nitrogens with one attached hydrogen (secondary N) is 1. The van der Waals surface area contributed by atoms with E-state index in [1.165, 1.54) is 0 Å². The molecule has 5 nitrogen and oxygen atoms in total. The lowest BCUT2D eigenvalue weighted by atomic mass is 9.99. The number of β-amino-alcohol motifs (C(OH)–C–C–N with tert-alkyl or cyclic N) is 1. The molecule has 0 fully saturated rings. The molecule has 1 atom stereocenters. The minimum atomic E-state index is -0.534. The van der Waals surface area contributed by atoms with Crippen LogP contribution in [0.1, 0.15) is 33.6 Å². The summed E-state index contributed by atoms with van der Waals surface area (Å²) in [5.41, 5.74) is 0.0535. The molecule has 0 bridgehead atoms. The van der Waals surface area contributed by atoms with Gasteiger partial charge < -0.3 is 15.2 Å². The molecule has 98 valence electrons. The zero-order valence-corrected chi connectivity index (χ0v) is 11.5. The van der Waals surface area contributed by atoms with E-state index in [1.54, 1.807) is 6.20 Å². The first kappa shape index (κ1) is 14.3. The van der Waals surface area contributed by atoms with E-state index < -0.39 is 6.10 Å². The normalized spacial score (nSPS) is 13.6. The molecule has 0 aromatic carbocycles. The van der Waals surface area contributed by atoms with Gasteiger partial charge in [0.1, 0.15) is 18.9 Å². The van der Waals surface area contributed by atoms with E-state index in [4.69, 9.17) is 4.74 Å². The van der Waals surface area contributed by atoms with Gasteiger partial charge in [0.05, 0.1) is 11.7 Å². The van der Waals surface area contributed by atoms with Crippen molar-refractivity contribution in [3.8, 4) is 5.88 Å². The summed E-state index contributed by atoms with van der Waals surface area (Å²) in [5, 5.41) is 13.1. The van der Waals surface area contributed by atoms with E-state index in [-0.39, 0.29) is 12.1 Å². The Morgan fingerprint density at radius 2 is 2.35 bits per heavy atom. The quantitative estimate of drug-likeness (QED) is 0.739. The smallest absolute Gasteiger partial charge is 0.245 e. The Hall–Kier alpha value is -0.720.